The molecule has 7 rings (SSSR count). The van der Waals surface area contributed by atoms with Crippen LogP contribution in [0.5, 0.6) is 11.5 Å². The van der Waals surface area contributed by atoms with Crippen LogP contribution in [0.3, 0.4) is 0 Å². The second-order valence-electron chi connectivity index (χ2n) is 10.4. The number of fused-ring (bicyclic) bond motifs is 3. The lowest BCUT2D eigenvalue weighted by atomic mass is 9.83. The van der Waals surface area contributed by atoms with E-state index in [4.69, 9.17) is 37.7 Å². The second-order valence-corrected chi connectivity index (χ2v) is 12.3. The topological polar surface area (TPSA) is 52.8 Å². The third-order valence-corrected chi connectivity index (χ3v) is 9.48. The number of allylic oxidation sites excluding steroid dienone is 1. The highest BCUT2D eigenvalue weighted by atomic mass is 35.5. The van der Waals surface area contributed by atoms with Gasteiger partial charge in [-0.25, -0.2) is 4.99 Å². The molecule has 0 N–H and O–H groups in total. The minimum atomic E-state index is -0.258. The van der Waals surface area contributed by atoms with E-state index in [0.717, 1.165) is 52.1 Å². The van der Waals surface area contributed by atoms with E-state index >= 15 is 0 Å². The third-order valence-electron chi connectivity index (χ3n) is 7.91. The zero-order chi connectivity index (χ0) is 29.5. The number of para-hydroxylation sites is 1. The van der Waals surface area contributed by atoms with Crippen molar-refractivity contribution in [3.8, 4) is 11.5 Å². The highest BCUT2D eigenvalue weighted by Crippen LogP contribution is 2.41. The summed E-state index contributed by atoms with van der Waals surface area (Å²) < 4.78 is 14.0. The number of aromatic nitrogens is 1. The number of methoxy groups -OCH3 is 1. The van der Waals surface area contributed by atoms with Crippen molar-refractivity contribution in [2.24, 2.45) is 4.99 Å². The number of nitrogens with zero attached hydrogens (tertiary/aromatic N) is 2. The van der Waals surface area contributed by atoms with Crippen LogP contribution in [0.15, 0.2) is 106 Å². The molecule has 8 heteroatoms. The van der Waals surface area contributed by atoms with Gasteiger partial charge >= 0.3 is 0 Å². The Morgan fingerprint density at radius 3 is 2.58 bits per heavy atom. The number of hydrogen-bond acceptors (Lipinski definition) is 5. The Balaban J connectivity index is 1.34. The molecule has 5 aromatic rings. The summed E-state index contributed by atoms with van der Waals surface area (Å²) in [7, 11) is 1.66. The van der Waals surface area contributed by atoms with Gasteiger partial charge in [0.15, 0.2) is 4.80 Å². The van der Waals surface area contributed by atoms with Gasteiger partial charge in [-0.3, -0.25) is 9.36 Å². The molecule has 2 heterocycles. The van der Waals surface area contributed by atoms with E-state index in [1.165, 1.54) is 16.9 Å². The van der Waals surface area contributed by atoms with Gasteiger partial charge in [-0.15, -0.1) is 0 Å². The van der Waals surface area contributed by atoms with Gasteiger partial charge in [0.2, 0.25) is 0 Å². The summed E-state index contributed by atoms with van der Waals surface area (Å²) in [5.74, 6) is 1.43. The first kappa shape index (κ1) is 27.7. The van der Waals surface area contributed by atoms with Crippen molar-refractivity contribution in [1.82, 2.24) is 4.57 Å². The number of hydrogen-bond donors (Lipinski definition) is 0. The Morgan fingerprint density at radius 1 is 0.977 bits per heavy atom. The van der Waals surface area contributed by atoms with Gasteiger partial charge in [0.25, 0.3) is 5.56 Å². The fourth-order valence-electron chi connectivity index (χ4n) is 5.78. The maximum Gasteiger partial charge on any atom is 0.271 e. The first-order valence-corrected chi connectivity index (χ1v) is 15.5. The van der Waals surface area contributed by atoms with Crippen molar-refractivity contribution in [1.29, 1.82) is 0 Å². The van der Waals surface area contributed by atoms with E-state index in [-0.39, 0.29) is 18.2 Å². The molecule has 0 radical (unpaired) electrons. The van der Waals surface area contributed by atoms with Gasteiger partial charge in [0.1, 0.15) is 18.1 Å². The zero-order valence-corrected chi connectivity index (χ0v) is 25.5. The lowest BCUT2D eigenvalue weighted by Gasteiger charge is -2.30. The van der Waals surface area contributed by atoms with Crippen LogP contribution in [0.4, 0.5) is 0 Å². The normalized spacial score (nSPS) is 15.8. The van der Waals surface area contributed by atoms with Crippen molar-refractivity contribution in [2.75, 3.05) is 7.11 Å². The molecule has 4 aromatic carbocycles. The standard InChI is InChI=1S/C35H26Cl2N2O3S/c1-41-26-15-11-22(12-16-26)33-28-17-13-21-6-2-4-8-27(21)32(28)38-35-39(33)34(40)31(43-35)18-23-7-3-5-9-30(23)42-20-24-10-14-25(36)19-29(24)37/h2-12,14-16,18-19,33H,13,17,20H2,1H3/b31-18-/t33-/m1/s1. The van der Waals surface area contributed by atoms with Crippen LogP contribution < -0.4 is 24.4 Å². The molecule has 0 saturated heterocycles. The van der Waals surface area contributed by atoms with Gasteiger partial charge in [-0.2, -0.15) is 0 Å². The molecule has 0 fully saturated rings. The highest BCUT2D eigenvalue weighted by Gasteiger charge is 2.32. The average molecular weight is 626 g/mol. The maximum absolute atomic E-state index is 14.2. The van der Waals surface area contributed by atoms with E-state index in [1.54, 1.807) is 19.2 Å². The molecule has 1 atom stereocenters. The molecule has 0 spiro atoms. The number of rotatable bonds is 6. The van der Waals surface area contributed by atoms with Crippen molar-refractivity contribution in [3.63, 3.8) is 0 Å². The molecule has 43 heavy (non-hydrogen) atoms. The van der Waals surface area contributed by atoms with E-state index in [2.05, 4.69) is 24.3 Å². The number of halogens is 2. The number of ether oxygens (including phenoxy) is 2. The minimum absolute atomic E-state index is 0.0782. The minimum Gasteiger partial charge on any atom is -0.497 e. The Labute approximate surface area is 262 Å². The van der Waals surface area contributed by atoms with Crippen LogP contribution in [0.25, 0.3) is 11.8 Å². The van der Waals surface area contributed by atoms with Crippen molar-refractivity contribution in [3.05, 3.63) is 154 Å². The van der Waals surface area contributed by atoms with Gasteiger partial charge in [-0.1, -0.05) is 95.2 Å². The molecule has 1 aromatic heterocycles. The molecule has 214 valence electrons. The number of benzene rings is 4. The summed E-state index contributed by atoms with van der Waals surface area (Å²) in [5, 5.41) is 1.12. The number of aryl methyl sites for hydroxylation is 1. The average Bonchev–Trinajstić information content (AvgIpc) is 3.34. The summed E-state index contributed by atoms with van der Waals surface area (Å²) in [4.78, 5) is 20.0. The maximum atomic E-state index is 14.2. The summed E-state index contributed by atoms with van der Waals surface area (Å²) in [6.07, 6.45) is 3.63. The Morgan fingerprint density at radius 2 is 1.77 bits per heavy atom. The third kappa shape index (κ3) is 5.20. The molecule has 0 bridgehead atoms. The molecular weight excluding hydrogens is 599 g/mol. The van der Waals surface area contributed by atoms with Gasteiger partial charge in [0, 0.05) is 26.7 Å². The van der Waals surface area contributed by atoms with Crippen LogP contribution in [-0.4, -0.2) is 11.7 Å². The first-order chi connectivity index (χ1) is 21.0. The van der Waals surface area contributed by atoms with Gasteiger partial charge < -0.3 is 9.47 Å². The SMILES string of the molecule is COc1ccc([C@@H]2C3=C(N=c4s/c(=C\c5ccccc5OCc5ccc(Cl)cc5Cl)c(=O)n42)c2ccccc2CC3)cc1. The highest BCUT2D eigenvalue weighted by molar-refractivity contribution is 7.07. The van der Waals surface area contributed by atoms with Gasteiger partial charge in [0.05, 0.1) is 23.4 Å². The molecule has 0 unspecified atom stereocenters. The van der Waals surface area contributed by atoms with Gasteiger partial charge in [-0.05, 0) is 65.9 Å². The van der Waals surface area contributed by atoms with E-state index in [1.807, 2.05) is 65.2 Å². The summed E-state index contributed by atoms with van der Waals surface area (Å²) >= 11 is 13.8. The predicted octanol–water partition coefficient (Wildman–Crippen LogP) is 7.21. The molecule has 0 saturated carbocycles. The molecular formula is C35H26Cl2N2O3S. The molecule has 5 nitrogen and oxygen atoms in total. The quantitative estimate of drug-likeness (QED) is 0.200. The van der Waals surface area contributed by atoms with Crippen molar-refractivity contribution in [2.45, 2.75) is 25.5 Å². The first-order valence-electron chi connectivity index (χ1n) is 13.9. The predicted molar refractivity (Wildman–Crippen MR) is 173 cm³/mol. The van der Waals surface area contributed by atoms with Crippen LogP contribution in [0, 0.1) is 0 Å². The molecule has 1 aliphatic heterocycles. The largest absolute Gasteiger partial charge is 0.497 e. The lowest BCUT2D eigenvalue weighted by Crippen LogP contribution is -2.38. The fraction of sp³-hybridized carbons (Fsp3) is 0.143. The monoisotopic (exact) mass is 624 g/mol. The Kier molecular flexibility index (Phi) is 7.43. The molecule has 0 amide bonds. The number of thiazole rings is 1. The Bertz CT molecular complexity index is 2080. The van der Waals surface area contributed by atoms with E-state index in [9.17, 15) is 4.79 Å². The van der Waals surface area contributed by atoms with E-state index < -0.39 is 0 Å². The van der Waals surface area contributed by atoms with Crippen molar-refractivity contribution >= 4 is 46.3 Å². The van der Waals surface area contributed by atoms with Crippen LogP contribution in [0.2, 0.25) is 10.0 Å². The fourth-order valence-corrected chi connectivity index (χ4v) is 7.23. The summed E-state index contributed by atoms with van der Waals surface area (Å²) in [5.41, 5.74) is 7.12. The van der Waals surface area contributed by atoms with E-state index in [0.29, 0.717) is 25.1 Å². The lowest BCUT2D eigenvalue weighted by molar-refractivity contribution is 0.305. The van der Waals surface area contributed by atoms with Crippen LogP contribution >= 0.6 is 34.5 Å². The molecule has 1 aliphatic carbocycles. The molecule has 2 aliphatic rings. The van der Waals surface area contributed by atoms with Crippen LogP contribution in [-0.2, 0) is 13.0 Å². The smallest absolute Gasteiger partial charge is 0.271 e. The Hall–Kier alpha value is -4.10. The zero-order valence-electron chi connectivity index (χ0n) is 23.2. The second kappa shape index (κ2) is 11.5. The van der Waals surface area contributed by atoms with Crippen molar-refractivity contribution < 1.29 is 9.47 Å². The summed E-state index contributed by atoms with van der Waals surface area (Å²) in [6, 6.07) is 29.2. The van der Waals surface area contributed by atoms with Crippen LogP contribution in [0.1, 0.15) is 40.3 Å². The summed E-state index contributed by atoms with van der Waals surface area (Å²) in [6.45, 7) is 0.270.